The summed E-state index contributed by atoms with van der Waals surface area (Å²) in [6, 6.07) is 7.81. The van der Waals surface area contributed by atoms with Gasteiger partial charge in [0.05, 0.1) is 6.54 Å². The first-order valence-electron chi connectivity index (χ1n) is 6.56. The molecule has 0 aliphatic carbocycles. The van der Waals surface area contributed by atoms with Gasteiger partial charge in [-0.3, -0.25) is 0 Å². The Labute approximate surface area is 113 Å². The lowest BCUT2D eigenvalue weighted by Gasteiger charge is -2.14. The fraction of sp³-hybridized carbons (Fsp3) is 0.400. The molecule has 1 aromatic heterocycles. The van der Waals surface area contributed by atoms with E-state index in [1.165, 1.54) is 5.56 Å². The Bertz CT molecular complexity index is 505. The highest BCUT2D eigenvalue weighted by molar-refractivity contribution is 5.26. The summed E-state index contributed by atoms with van der Waals surface area (Å²) in [6.45, 7) is 4.87. The highest BCUT2D eigenvalue weighted by Gasteiger charge is 2.09. The van der Waals surface area contributed by atoms with Crippen molar-refractivity contribution in [2.24, 2.45) is 0 Å². The van der Waals surface area contributed by atoms with Crippen LogP contribution in [0.1, 0.15) is 18.3 Å². The van der Waals surface area contributed by atoms with E-state index in [-0.39, 0.29) is 6.61 Å². The number of aliphatic hydroxyl groups is 1. The number of imidazole rings is 1. The molecule has 2 rings (SSSR count). The van der Waals surface area contributed by atoms with Crippen molar-refractivity contribution in [3.63, 3.8) is 0 Å². The smallest absolute Gasteiger partial charge is 0.119 e. The van der Waals surface area contributed by atoms with E-state index in [1.54, 1.807) is 6.20 Å². The number of aryl methyl sites for hydroxylation is 2. The highest BCUT2D eigenvalue weighted by Crippen LogP contribution is 2.12. The van der Waals surface area contributed by atoms with Gasteiger partial charge in [0.15, 0.2) is 0 Å². The Balaban J connectivity index is 1.84. The van der Waals surface area contributed by atoms with Gasteiger partial charge in [-0.15, -0.1) is 0 Å². The van der Waals surface area contributed by atoms with Crippen molar-refractivity contribution in [1.29, 1.82) is 0 Å². The first-order chi connectivity index (χ1) is 9.19. The number of hydrogen-bond acceptors (Lipinski definition) is 3. The molecule has 0 aliphatic rings. The number of benzene rings is 1. The van der Waals surface area contributed by atoms with Gasteiger partial charge in [-0.1, -0.05) is 24.6 Å². The van der Waals surface area contributed by atoms with Crippen molar-refractivity contribution < 1.29 is 9.84 Å². The number of rotatable bonds is 6. The lowest BCUT2D eigenvalue weighted by atomic mass is 10.2. The van der Waals surface area contributed by atoms with Crippen molar-refractivity contribution in [3.05, 3.63) is 48.0 Å². The average Bonchev–Trinajstić information content (AvgIpc) is 2.85. The molecule has 0 spiro atoms. The fourth-order valence-electron chi connectivity index (χ4n) is 1.93. The van der Waals surface area contributed by atoms with E-state index in [4.69, 9.17) is 4.74 Å². The average molecular weight is 260 g/mol. The van der Waals surface area contributed by atoms with Crippen LogP contribution in [0.5, 0.6) is 5.75 Å². The summed E-state index contributed by atoms with van der Waals surface area (Å²) in [4.78, 5) is 4.23. The van der Waals surface area contributed by atoms with Crippen LogP contribution in [0.25, 0.3) is 0 Å². The molecule has 1 atom stereocenters. The SMILES string of the molecule is CCc1nccn1CC(O)COc1ccc(C)cc1. The van der Waals surface area contributed by atoms with Gasteiger partial charge in [0, 0.05) is 18.8 Å². The summed E-state index contributed by atoms with van der Waals surface area (Å²) in [6.07, 6.45) is 3.96. The molecule has 102 valence electrons. The molecule has 1 aromatic carbocycles. The minimum Gasteiger partial charge on any atom is -0.491 e. The standard InChI is InChI=1S/C15H20N2O2/c1-3-15-16-8-9-17(15)10-13(18)11-19-14-6-4-12(2)5-7-14/h4-9,13,18H,3,10-11H2,1-2H3. The number of hydrogen-bond donors (Lipinski definition) is 1. The van der Waals surface area contributed by atoms with Crippen molar-refractivity contribution in [3.8, 4) is 5.75 Å². The quantitative estimate of drug-likeness (QED) is 0.866. The predicted octanol–water partition coefficient (Wildman–Crippen LogP) is 2.19. The van der Waals surface area contributed by atoms with Crippen LogP contribution in [-0.2, 0) is 13.0 Å². The minimum absolute atomic E-state index is 0.282. The molecule has 0 saturated heterocycles. The second kappa shape index (κ2) is 6.38. The molecule has 0 bridgehead atoms. The van der Waals surface area contributed by atoms with Gasteiger partial charge in [0.1, 0.15) is 24.3 Å². The first-order valence-corrected chi connectivity index (χ1v) is 6.56. The van der Waals surface area contributed by atoms with E-state index >= 15 is 0 Å². The molecule has 1 heterocycles. The zero-order valence-corrected chi connectivity index (χ0v) is 11.4. The molecule has 0 radical (unpaired) electrons. The molecule has 0 amide bonds. The second-order valence-corrected chi connectivity index (χ2v) is 4.63. The second-order valence-electron chi connectivity index (χ2n) is 4.63. The Kier molecular flexibility index (Phi) is 4.58. The summed E-state index contributed by atoms with van der Waals surface area (Å²) >= 11 is 0. The Hall–Kier alpha value is -1.81. The number of aliphatic hydroxyl groups excluding tert-OH is 1. The predicted molar refractivity (Wildman–Crippen MR) is 74.3 cm³/mol. The van der Waals surface area contributed by atoms with E-state index in [0.717, 1.165) is 18.0 Å². The van der Waals surface area contributed by atoms with Gasteiger partial charge in [-0.25, -0.2) is 4.98 Å². The summed E-state index contributed by atoms with van der Waals surface area (Å²) < 4.78 is 7.52. The van der Waals surface area contributed by atoms with Crippen molar-refractivity contribution in [2.75, 3.05) is 6.61 Å². The van der Waals surface area contributed by atoms with Crippen molar-refractivity contribution >= 4 is 0 Å². The Morgan fingerprint density at radius 2 is 2.05 bits per heavy atom. The van der Waals surface area contributed by atoms with E-state index in [9.17, 15) is 5.11 Å². The van der Waals surface area contributed by atoms with Crippen LogP contribution < -0.4 is 4.74 Å². The van der Waals surface area contributed by atoms with E-state index in [2.05, 4.69) is 4.98 Å². The van der Waals surface area contributed by atoms with Crippen LogP contribution in [0.4, 0.5) is 0 Å². The number of ether oxygens (including phenoxy) is 1. The molecule has 0 aliphatic heterocycles. The molecule has 4 nitrogen and oxygen atoms in total. The lowest BCUT2D eigenvalue weighted by molar-refractivity contribution is 0.0918. The summed E-state index contributed by atoms with van der Waals surface area (Å²) in [5.74, 6) is 1.76. The summed E-state index contributed by atoms with van der Waals surface area (Å²) in [5, 5.41) is 9.98. The maximum atomic E-state index is 9.98. The topological polar surface area (TPSA) is 47.3 Å². The fourth-order valence-corrected chi connectivity index (χ4v) is 1.93. The van der Waals surface area contributed by atoms with Crippen LogP contribution >= 0.6 is 0 Å². The third-order valence-corrected chi connectivity index (χ3v) is 2.99. The molecule has 19 heavy (non-hydrogen) atoms. The van der Waals surface area contributed by atoms with Crippen LogP contribution in [0.3, 0.4) is 0 Å². The van der Waals surface area contributed by atoms with Gasteiger partial charge in [-0.2, -0.15) is 0 Å². The van der Waals surface area contributed by atoms with Crippen LogP contribution in [-0.4, -0.2) is 27.4 Å². The van der Waals surface area contributed by atoms with Crippen molar-refractivity contribution in [2.45, 2.75) is 32.9 Å². The van der Waals surface area contributed by atoms with Gasteiger partial charge >= 0.3 is 0 Å². The maximum Gasteiger partial charge on any atom is 0.119 e. The summed E-state index contributed by atoms with van der Waals surface area (Å²) in [5.41, 5.74) is 1.19. The zero-order chi connectivity index (χ0) is 13.7. The third-order valence-electron chi connectivity index (χ3n) is 2.99. The molecule has 1 N–H and O–H groups in total. The Morgan fingerprint density at radius 3 is 2.74 bits per heavy atom. The molecule has 0 saturated carbocycles. The number of aromatic nitrogens is 2. The van der Waals surface area contributed by atoms with Gasteiger partial charge in [0.2, 0.25) is 0 Å². The molecule has 0 fully saturated rings. The normalized spacial score (nSPS) is 12.4. The summed E-state index contributed by atoms with van der Waals surface area (Å²) in [7, 11) is 0. The molecular weight excluding hydrogens is 240 g/mol. The molecule has 1 unspecified atom stereocenters. The van der Waals surface area contributed by atoms with E-state index in [0.29, 0.717) is 6.54 Å². The molecule has 4 heteroatoms. The Morgan fingerprint density at radius 1 is 1.32 bits per heavy atom. The minimum atomic E-state index is -0.541. The highest BCUT2D eigenvalue weighted by atomic mass is 16.5. The molecule has 2 aromatic rings. The van der Waals surface area contributed by atoms with Crippen molar-refractivity contribution in [1.82, 2.24) is 9.55 Å². The van der Waals surface area contributed by atoms with Crippen LogP contribution in [0, 0.1) is 6.92 Å². The zero-order valence-electron chi connectivity index (χ0n) is 11.4. The van der Waals surface area contributed by atoms with E-state index < -0.39 is 6.10 Å². The van der Waals surface area contributed by atoms with Gasteiger partial charge < -0.3 is 14.4 Å². The monoisotopic (exact) mass is 260 g/mol. The molecular formula is C15H20N2O2. The van der Waals surface area contributed by atoms with Crippen LogP contribution in [0.15, 0.2) is 36.7 Å². The van der Waals surface area contributed by atoms with Gasteiger partial charge in [-0.05, 0) is 19.1 Å². The largest absolute Gasteiger partial charge is 0.491 e. The number of nitrogens with zero attached hydrogens (tertiary/aromatic N) is 2. The van der Waals surface area contributed by atoms with Crippen LogP contribution in [0.2, 0.25) is 0 Å². The third kappa shape index (κ3) is 3.83. The van der Waals surface area contributed by atoms with Gasteiger partial charge in [0.25, 0.3) is 0 Å². The maximum absolute atomic E-state index is 9.98. The first kappa shape index (κ1) is 13.6. The lowest BCUT2D eigenvalue weighted by Crippen LogP contribution is -2.24. The van der Waals surface area contributed by atoms with E-state index in [1.807, 2.05) is 48.9 Å².